The van der Waals surface area contributed by atoms with Gasteiger partial charge in [0.25, 0.3) is 6.43 Å². The van der Waals surface area contributed by atoms with Crippen LogP contribution in [0.3, 0.4) is 0 Å². The van der Waals surface area contributed by atoms with Crippen LogP contribution in [-0.2, 0) is 18.5 Å². The molecule has 0 spiro atoms. The first-order valence-electron chi connectivity index (χ1n) is 7.70. The van der Waals surface area contributed by atoms with Gasteiger partial charge >= 0.3 is 5.69 Å². The maximum Gasteiger partial charge on any atom is 0.315 e. The number of hydrogen-bond donors (Lipinski definition) is 0. The van der Waals surface area contributed by atoms with Gasteiger partial charge in [-0.3, -0.25) is 14.8 Å². The minimum absolute atomic E-state index is 0.0234. The summed E-state index contributed by atoms with van der Waals surface area (Å²) >= 11 is 0. The molecule has 8 nitrogen and oxygen atoms in total. The fraction of sp³-hybridized carbons (Fsp3) is 0.571. The summed E-state index contributed by atoms with van der Waals surface area (Å²) in [6.07, 6.45) is -0.473. The van der Waals surface area contributed by atoms with Gasteiger partial charge in [0.15, 0.2) is 5.69 Å². The molecule has 2 aromatic rings. The zero-order chi connectivity index (χ0) is 18.8. The molecule has 0 bridgehead atoms. The maximum atomic E-state index is 13.2. The Morgan fingerprint density at radius 2 is 2.08 bits per heavy atom. The number of rotatable bonds is 8. The van der Waals surface area contributed by atoms with Gasteiger partial charge in [-0.2, -0.15) is 10.2 Å². The molecule has 0 saturated heterocycles. The molecular formula is C14H21F2N5O3Si. The molecule has 0 amide bonds. The highest BCUT2D eigenvalue weighted by Crippen LogP contribution is 2.34. The van der Waals surface area contributed by atoms with Crippen LogP contribution in [0.4, 0.5) is 14.5 Å². The van der Waals surface area contributed by atoms with Crippen LogP contribution >= 0.6 is 0 Å². The Kier molecular flexibility index (Phi) is 5.68. The fourth-order valence-electron chi connectivity index (χ4n) is 2.23. The van der Waals surface area contributed by atoms with Crippen molar-refractivity contribution in [2.24, 2.45) is 7.05 Å². The van der Waals surface area contributed by atoms with Crippen molar-refractivity contribution < 1.29 is 18.4 Å². The molecule has 0 radical (unpaired) electrons. The predicted molar refractivity (Wildman–Crippen MR) is 90.1 cm³/mol. The first kappa shape index (κ1) is 19.2. The lowest BCUT2D eigenvalue weighted by Crippen LogP contribution is -2.22. The van der Waals surface area contributed by atoms with Gasteiger partial charge in [-0.15, -0.1) is 0 Å². The third kappa shape index (κ3) is 4.69. The van der Waals surface area contributed by atoms with E-state index < -0.39 is 25.1 Å². The van der Waals surface area contributed by atoms with Gasteiger partial charge in [0, 0.05) is 21.7 Å². The molecule has 2 aromatic heterocycles. The monoisotopic (exact) mass is 373 g/mol. The minimum Gasteiger partial charge on any atom is -0.360 e. The number of alkyl halides is 2. The largest absolute Gasteiger partial charge is 0.360 e. The van der Waals surface area contributed by atoms with E-state index in [9.17, 15) is 18.9 Å². The van der Waals surface area contributed by atoms with Crippen molar-refractivity contribution in [1.82, 2.24) is 19.6 Å². The van der Waals surface area contributed by atoms with Crippen LogP contribution in [0.5, 0.6) is 0 Å². The Morgan fingerprint density at radius 3 is 2.64 bits per heavy atom. The zero-order valence-electron chi connectivity index (χ0n) is 14.6. The zero-order valence-corrected chi connectivity index (χ0v) is 15.6. The van der Waals surface area contributed by atoms with E-state index >= 15 is 0 Å². The van der Waals surface area contributed by atoms with Gasteiger partial charge in [-0.1, -0.05) is 19.6 Å². The van der Waals surface area contributed by atoms with Crippen molar-refractivity contribution in [2.45, 2.75) is 38.8 Å². The van der Waals surface area contributed by atoms with Crippen LogP contribution < -0.4 is 0 Å². The Bertz CT molecular complexity index is 754. The number of nitrogens with zero attached hydrogens (tertiary/aromatic N) is 5. The molecule has 0 fully saturated rings. The standard InChI is InChI=1S/C14H21F2N5O3Si/c1-19-13(14(15)16)10(7-17-19)12-11(21(22)23)8-20(18-12)9-24-5-6-25(2,3)4/h7-8,14H,5-6,9H2,1-4H3. The van der Waals surface area contributed by atoms with Crippen molar-refractivity contribution in [3.8, 4) is 11.3 Å². The van der Waals surface area contributed by atoms with E-state index in [1.54, 1.807) is 0 Å². The number of ether oxygens (including phenoxy) is 1. The summed E-state index contributed by atoms with van der Waals surface area (Å²) in [5.41, 5.74) is -0.955. The molecule has 2 rings (SSSR count). The van der Waals surface area contributed by atoms with Crippen LogP contribution in [0.1, 0.15) is 12.1 Å². The average Bonchev–Trinajstić information content (AvgIpc) is 3.06. The summed E-state index contributed by atoms with van der Waals surface area (Å²) < 4.78 is 34.2. The van der Waals surface area contributed by atoms with E-state index in [0.717, 1.165) is 16.9 Å². The van der Waals surface area contributed by atoms with Crippen molar-refractivity contribution in [3.05, 3.63) is 28.2 Å². The molecule has 0 aliphatic rings. The Hall–Kier alpha value is -2.14. The number of aryl methyl sites for hydroxylation is 1. The first-order chi connectivity index (χ1) is 11.6. The smallest absolute Gasteiger partial charge is 0.315 e. The van der Waals surface area contributed by atoms with Crippen molar-refractivity contribution in [2.75, 3.05) is 6.61 Å². The average molecular weight is 373 g/mol. The molecule has 0 atom stereocenters. The van der Waals surface area contributed by atoms with E-state index in [2.05, 4.69) is 29.8 Å². The molecule has 11 heteroatoms. The number of aromatic nitrogens is 4. The summed E-state index contributed by atoms with van der Waals surface area (Å²) in [6.45, 7) is 7.17. The summed E-state index contributed by atoms with van der Waals surface area (Å²) in [7, 11) is 0.108. The van der Waals surface area contributed by atoms with Gasteiger partial charge in [-0.25, -0.2) is 13.5 Å². The van der Waals surface area contributed by atoms with Gasteiger partial charge in [-0.05, 0) is 6.04 Å². The highest BCUT2D eigenvalue weighted by Gasteiger charge is 2.28. The molecule has 2 heterocycles. The lowest BCUT2D eigenvalue weighted by Gasteiger charge is -2.15. The van der Waals surface area contributed by atoms with Gasteiger partial charge < -0.3 is 4.74 Å². The lowest BCUT2D eigenvalue weighted by molar-refractivity contribution is -0.384. The van der Waals surface area contributed by atoms with E-state index in [-0.39, 0.29) is 23.7 Å². The molecule has 0 saturated carbocycles. The molecule has 138 valence electrons. The van der Waals surface area contributed by atoms with Crippen LogP contribution in [0, 0.1) is 10.1 Å². The third-order valence-corrected chi connectivity index (χ3v) is 5.31. The van der Waals surface area contributed by atoms with Gasteiger partial charge in [0.05, 0.1) is 16.7 Å². The molecule has 0 aliphatic heterocycles. The third-order valence-electron chi connectivity index (χ3n) is 3.61. The van der Waals surface area contributed by atoms with Crippen molar-refractivity contribution >= 4 is 13.8 Å². The van der Waals surface area contributed by atoms with E-state index in [0.29, 0.717) is 6.61 Å². The summed E-state index contributed by atoms with van der Waals surface area (Å²) in [5, 5.41) is 19.1. The second kappa shape index (κ2) is 7.40. The quantitative estimate of drug-likeness (QED) is 0.306. The molecule has 0 unspecified atom stereocenters. The normalized spacial score (nSPS) is 12.1. The second-order valence-corrected chi connectivity index (χ2v) is 12.5. The highest BCUT2D eigenvalue weighted by atomic mass is 28.3. The van der Waals surface area contributed by atoms with Crippen molar-refractivity contribution in [1.29, 1.82) is 0 Å². The molecular weight excluding hydrogens is 352 g/mol. The Balaban J connectivity index is 2.25. The van der Waals surface area contributed by atoms with Crippen molar-refractivity contribution in [3.63, 3.8) is 0 Å². The molecule has 0 N–H and O–H groups in total. The second-order valence-electron chi connectivity index (χ2n) is 6.88. The van der Waals surface area contributed by atoms with Gasteiger partial charge in [0.2, 0.25) is 0 Å². The predicted octanol–water partition coefficient (Wildman–Crippen LogP) is 3.44. The van der Waals surface area contributed by atoms with E-state index in [1.807, 2.05) is 0 Å². The number of nitro groups is 1. The number of halogens is 2. The molecule has 0 aromatic carbocycles. The molecule has 0 aliphatic carbocycles. The van der Waals surface area contributed by atoms with E-state index in [4.69, 9.17) is 4.74 Å². The summed E-state index contributed by atoms with van der Waals surface area (Å²) in [4.78, 5) is 10.6. The van der Waals surface area contributed by atoms with Gasteiger partial charge in [0.1, 0.15) is 18.6 Å². The van der Waals surface area contributed by atoms with Crippen LogP contribution in [0.25, 0.3) is 11.3 Å². The van der Waals surface area contributed by atoms with E-state index in [1.165, 1.54) is 17.9 Å². The fourth-order valence-corrected chi connectivity index (χ4v) is 2.98. The first-order valence-corrected chi connectivity index (χ1v) is 11.4. The maximum absolute atomic E-state index is 13.2. The summed E-state index contributed by atoms with van der Waals surface area (Å²) in [6, 6.07) is 0.946. The van der Waals surface area contributed by atoms with Crippen LogP contribution in [0.2, 0.25) is 25.7 Å². The SMILES string of the molecule is Cn1ncc(-c2nn(COCC[Si](C)(C)C)cc2[N+](=O)[O-])c1C(F)F. The van der Waals surface area contributed by atoms with Crippen LogP contribution in [-0.4, -0.2) is 39.2 Å². The highest BCUT2D eigenvalue weighted by molar-refractivity contribution is 6.76. The van der Waals surface area contributed by atoms with Crippen LogP contribution in [0.15, 0.2) is 12.4 Å². The topological polar surface area (TPSA) is 88.0 Å². The number of hydrogen-bond acceptors (Lipinski definition) is 5. The summed E-state index contributed by atoms with van der Waals surface area (Å²) in [5.74, 6) is 0. The minimum atomic E-state index is -2.82. The Labute approximate surface area is 144 Å². The Morgan fingerprint density at radius 1 is 1.40 bits per heavy atom. The molecule has 25 heavy (non-hydrogen) atoms. The lowest BCUT2D eigenvalue weighted by atomic mass is 10.1.